The van der Waals surface area contributed by atoms with Crippen LogP contribution in [0.4, 0.5) is 8.78 Å². The van der Waals surface area contributed by atoms with Crippen LogP contribution in [0.25, 0.3) is 0 Å². The van der Waals surface area contributed by atoms with Crippen molar-refractivity contribution in [2.75, 3.05) is 6.26 Å². The van der Waals surface area contributed by atoms with Crippen LogP contribution in [-0.2, 0) is 14.6 Å². The Morgan fingerprint density at radius 1 is 1.44 bits per heavy atom. The fourth-order valence-electron chi connectivity index (χ4n) is 1.47. The van der Waals surface area contributed by atoms with Crippen LogP contribution in [-0.4, -0.2) is 25.7 Å². The van der Waals surface area contributed by atoms with Gasteiger partial charge in [-0.25, -0.2) is 17.2 Å². The molecule has 5 nitrogen and oxygen atoms in total. The van der Waals surface area contributed by atoms with Crippen molar-refractivity contribution in [2.24, 2.45) is 5.73 Å². The van der Waals surface area contributed by atoms with Crippen LogP contribution in [0.3, 0.4) is 0 Å². The van der Waals surface area contributed by atoms with Gasteiger partial charge in [-0.3, -0.25) is 4.79 Å². The van der Waals surface area contributed by atoms with Crippen LogP contribution >= 0.6 is 0 Å². The van der Waals surface area contributed by atoms with Gasteiger partial charge in [-0.1, -0.05) is 0 Å². The van der Waals surface area contributed by atoms with Gasteiger partial charge in [0, 0.05) is 17.9 Å². The Morgan fingerprint density at radius 3 is 2.44 bits per heavy atom. The summed E-state index contributed by atoms with van der Waals surface area (Å²) in [6, 6.07) is 0.0669. The zero-order valence-electron chi connectivity index (χ0n) is 9.35. The van der Waals surface area contributed by atoms with E-state index in [0.717, 1.165) is 18.4 Å². The first-order chi connectivity index (χ1) is 8.14. The van der Waals surface area contributed by atoms with Crippen molar-refractivity contribution in [3.8, 4) is 0 Å². The van der Waals surface area contributed by atoms with E-state index < -0.39 is 50.4 Å². The Labute approximate surface area is 102 Å². The lowest BCUT2D eigenvalue weighted by Gasteiger charge is -2.13. The van der Waals surface area contributed by atoms with Crippen molar-refractivity contribution in [3.05, 3.63) is 29.3 Å². The van der Waals surface area contributed by atoms with Gasteiger partial charge in [-0.2, -0.15) is 0 Å². The van der Waals surface area contributed by atoms with Gasteiger partial charge < -0.3 is 10.8 Å². The number of sulfone groups is 1. The van der Waals surface area contributed by atoms with E-state index in [0.29, 0.717) is 0 Å². The molecule has 0 aliphatic heterocycles. The Bertz CT molecular complexity index is 586. The van der Waals surface area contributed by atoms with E-state index in [9.17, 15) is 22.0 Å². The van der Waals surface area contributed by atoms with E-state index >= 15 is 0 Å². The Hall–Kier alpha value is -1.54. The minimum atomic E-state index is -3.88. The number of rotatable bonds is 4. The Balaban J connectivity index is 3.40. The normalized spacial score (nSPS) is 13.3. The summed E-state index contributed by atoms with van der Waals surface area (Å²) in [5.41, 5.74) is 4.62. The second-order valence-electron chi connectivity index (χ2n) is 3.75. The maximum absolute atomic E-state index is 13.8. The number of benzene rings is 1. The molecule has 0 amide bonds. The van der Waals surface area contributed by atoms with Crippen molar-refractivity contribution >= 4 is 15.8 Å². The quantitative estimate of drug-likeness (QED) is 0.796. The van der Waals surface area contributed by atoms with Gasteiger partial charge in [0.05, 0.1) is 6.42 Å². The van der Waals surface area contributed by atoms with E-state index in [4.69, 9.17) is 10.8 Å². The highest BCUT2D eigenvalue weighted by atomic mass is 32.2. The van der Waals surface area contributed by atoms with Gasteiger partial charge in [0.2, 0.25) is 0 Å². The standard InChI is InChI=1S/C10H11F2NO4S/c1-18(16,17)7-3-2-5(11)9(10(7)12)6(13)4-8(14)15/h2-3,6H,4,13H2,1H3,(H,14,15). The lowest BCUT2D eigenvalue weighted by Crippen LogP contribution is -2.19. The maximum atomic E-state index is 13.8. The van der Waals surface area contributed by atoms with E-state index in [1.54, 1.807) is 0 Å². The van der Waals surface area contributed by atoms with Crippen molar-refractivity contribution in [3.63, 3.8) is 0 Å². The third-order valence-corrected chi connectivity index (χ3v) is 3.37. The molecule has 1 atom stereocenters. The molecule has 0 heterocycles. The molecule has 0 aromatic heterocycles. The molecule has 8 heteroatoms. The molecule has 1 aromatic rings. The number of carbonyl (C=O) groups is 1. The average molecular weight is 279 g/mol. The number of carboxylic acid groups (broad SMARTS) is 1. The summed E-state index contributed by atoms with van der Waals surface area (Å²) in [5, 5.41) is 8.51. The molecule has 0 saturated carbocycles. The summed E-state index contributed by atoms with van der Waals surface area (Å²) in [6.07, 6.45) is 0.0525. The molecular weight excluding hydrogens is 268 g/mol. The average Bonchev–Trinajstić information content (AvgIpc) is 2.13. The monoisotopic (exact) mass is 279 g/mol. The van der Waals surface area contributed by atoms with Crippen LogP contribution in [0.15, 0.2) is 17.0 Å². The van der Waals surface area contributed by atoms with Gasteiger partial charge >= 0.3 is 5.97 Å². The first-order valence-corrected chi connectivity index (χ1v) is 6.69. The predicted octanol–water partition coefficient (Wildman–Crippen LogP) is 0.843. The first-order valence-electron chi connectivity index (χ1n) is 4.80. The van der Waals surface area contributed by atoms with Crippen LogP contribution in [0, 0.1) is 11.6 Å². The molecular formula is C10H11F2NO4S. The molecule has 0 radical (unpaired) electrons. The topological polar surface area (TPSA) is 97.5 Å². The summed E-state index contributed by atoms with van der Waals surface area (Å²) in [7, 11) is -3.88. The largest absolute Gasteiger partial charge is 0.481 e. The second-order valence-corrected chi connectivity index (χ2v) is 5.73. The highest BCUT2D eigenvalue weighted by Crippen LogP contribution is 2.26. The second kappa shape index (κ2) is 4.99. The lowest BCUT2D eigenvalue weighted by atomic mass is 10.0. The molecule has 0 aliphatic carbocycles. The van der Waals surface area contributed by atoms with E-state index in [2.05, 4.69) is 0 Å². The van der Waals surface area contributed by atoms with E-state index in [1.165, 1.54) is 0 Å². The van der Waals surface area contributed by atoms with E-state index in [1.807, 2.05) is 0 Å². The van der Waals surface area contributed by atoms with Gasteiger partial charge in [0.25, 0.3) is 0 Å². The summed E-state index contributed by atoms with van der Waals surface area (Å²) >= 11 is 0. The fraction of sp³-hybridized carbons (Fsp3) is 0.300. The van der Waals surface area contributed by atoms with Crippen molar-refractivity contribution in [1.82, 2.24) is 0 Å². The molecule has 1 rings (SSSR count). The molecule has 0 bridgehead atoms. The minimum absolute atomic E-state index is 0.707. The van der Waals surface area contributed by atoms with Gasteiger partial charge in [0.1, 0.15) is 16.5 Å². The molecule has 1 aromatic carbocycles. The maximum Gasteiger partial charge on any atom is 0.305 e. The first kappa shape index (κ1) is 14.5. The number of hydrogen-bond acceptors (Lipinski definition) is 4. The van der Waals surface area contributed by atoms with Gasteiger partial charge in [-0.15, -0.1) is 0 Å². The van der Waals surface area contributed by atoms with Crippen LogP contribution in [0.1, 0.15) is 18.0 Å². The van der Waals surface area contributed by atoms with Crippen LogP contribution in [0.5, 0.6) is 0 Å². The molecule has 18 heavy (non-hydrogen) atoms. The summed E-state index contributed by atoms with van der Waals surface area (Å²) < 4.78 is 49.7. The smallest absolute Gasteiger partial charge is 0.305 e. The minimum Gasteiger partial charge on any atom is -0.481 e. The zero-order valence-corrected chi connectivity index (χ0v) is 10.2. The van der Waals surface area contributed by atoms with Gasteiger partial charge in [0.15, 0.2) is 9.84 Å². The number of carboxylic acids is 1. The molecule has 3 N–H and O–H groups in total. The molecule has 0 aliphatic rings. The zero-order chi connectivity index (χ0) is 14.1. The number of halogens is 2. The SMILES string of the molecule is CS(=O)(=O)c1ccc(F)c(C(N)CC(=O)O)c1F. The summed E-state index contributed by atoms with van der Waals surface area (Å²) in [4.78, 5) is 9.74. The van der Waals surface area contributed by atoms with Crippen molar-refractivity contribution in [1.29, 1.82) is 0 Å². The summed E-state index contributed by atoms with van der Waals surface area (Å²) in [5.74, 6) is -3.76. The van der Waals surface area contributed by atoms with Gasteiger partial charge in [-0.05, 0) is 12.1 Å². The third-order valence-electron chi connectivity index (χ3n) is 2.26. The fourth-order valence-corrected chi connectivity index (χ4v) is 2.22. The molecule has 0 saturated heterocycles. The highest BCUT2D eigenvalue weighted by Gasteiger charge is 2.25. The van der Waals surface area contributed by atoms with Crippen molar-refractivity contribution < 1.29 is 27.1 Å². The lowest BCUT2D eigenvalue weighted by molar-refractivity contribution is -0.137. The number of hydrogen-bond donors (Lipinski definition) is 2. The highest BCUT2D eigenvalue weighted by molar-refractivity contribution is 7.90. The third kappa shape index (κ3) is 3.02. The van der Waals surface area contributed by atoms with E-state index in [-0.39, 0.29) is 0 Å². The molecule has 0 spiro atoms. The van der Waals surface area contributed by atoms with Crippen LogP contribution < -0.4 is 5.73 Å². The Morgan fingerprint density at radius 2 is 2.00 bits per heavy atom. The molecule has 1 unspecified atom stereocenters. The number of nitrogens with two attached hydrogens (primary N) is 1. The Kier molecular flexibility index (Phi) is 4.02. The number of aliphatic carboxylic acids is 1. The van der Waals surface area contributed by atoms with Crippen molar-refractivity contribution in [2.45, 2.75) is 17.4 Å². The van der Waals surface area contributed by atoms with Crippen LogP contribution in [0.2, 0.25) is 0 Å². The molecule has 0 fully saturated rings. The molecule has 100 valence electrons. The predicted molar refractivity (Wildman–Crippen MR) is 58.6 cm³/mol. The summed E-state index contributed by atoms with van der Waals surface area (Å²) in [6.45, 7) is 0.